The van der Waals surface area contributed by atoms with Crippen molar-refractivity contribution in [1.29, 1.82) is 0 Å². The molecule has 0 amide bonds. The fraction of sp³-hybridized carbons (Fsp3) is 0.750. The summed E-state index contributed by atoms with van der Waals surface area (Å²) in [6.07, 6.45) is 0.298. The molecule has 0 heterocycles. The molecule has 0 fully saturated rings. The van der Waals surface area contributed by atoms with Crippen LogP contribution in [0.25, 0.3) is 0 Å². The van der Waals surface area contributed by atoms with E-state index >= 15 is 0 Å². The monoisotopic (exact) mass is 427 g/mol. The molecule has 6 heteroatoms. The number of halogens is 2. The lowest BCUT2D eigenvalue weighted by Gasteiger charge is -2.07. The first-order valence-corrected chi connectivity index (χ1v) is 10.2. The Morgan fingerprint density at radius 2 is 1.79 bits per heavy atom. The Hall–Kier alpha value is 0.560. The van der Waals surface area contributed by atoms with E-state index in [1.54, 1.807) is 0 Å². The minimum atomic E-state index is -0.459. The highest BCUT2D eigenvalue weighted by Gasteiger charge is 2.08. The molecule has 0 rings (SSSR count). The number of hydrogen-bond donors (Lipinski definition) is 0. The van der Waals surface area contributed by atoms with Gasteiger partial charge in [0, 0.05) is 50.2 Å². The topological polar surface area (TPSA) is 46.6 Å². The molecule has 0 saturated heterocycles. The third-order valence-corrected chi connectivity index (χ3v) is 1.41. The smallest absolute Gasteiger partial charge is 0.313 e. The van der Waals surface area contributed by atoms with E-state index in [1.807, 2.05) is 19.0 Å². The Morgan fingerprint density at radius 1 is 1.29 bits per heavy atom. The second-order valence-corrected chi connectivity index (χ2v) is 2.84. The van der Waals surface area contributed by atoms with Gasteiger partial charge < -0.3 is 9.64 Å². The van der Waals surface area contributed by atoms with Crippen molar-refractivity contribution in [2.75, 3.05) is 27.7 Å². The maximum absolute atomic E-state index is 11.0. The molecule has 14 heavy (non-hydrogen) atoms. The number of methoxy groups -OCH3 is 1. The second kappa shape index (κ2) is 11.6. The lowest BCUT2D eigenvalue weighted by atomic mass is 10.2. The number of nitrogens with zero attached hydrogens (tertiary/aromatic N) is 1. The highest BCUT2D eigenvalue weighted by molar-refractivity contribution is 15.0. The van der Waals surface area contributed by atoms with Crippen molar-refractivity contribution in [3.05, 3.63) is 0 Å². The van der Waals surface area contributed by atoms with Crippen LogP contribution in [0.4, 0.5) is 0 Å². The molecular weight excluding hydrogens is 412 g/mol. The van der Waals surface area contributed by atoms with E-state index in [4.69, 9.17) is 0 Å². The summed E-state index contributed by atoms with van der Waals surface area (Å²) in [5.41, 5.74) is 0. The lowest BCUT2D eigenvalue weighted by Crippen LogP contribution is -2.18. The van der Waals surface area contributed by atoms with Crippen molar-refractivity contribution in [1.82, 2.24) is 4.90 Å². The Balaban J connectivity index is 0. The van der Waals surface area contributed by atoms with Crippen LogP contribution in [0.15, 0.2) is 0 Å². The largest absolute Gasteiger partial charge is 0.469 e. The Kier molecular flexibility index (Phi) is 14.1. The maximum Gasteiger partial charge on any atom is 0.313 e. The van der Waals surface area contributed by atoms with Crippen LogP contribution in [0.2, 0.25) is 0 Å². The third-order valence-electron chi connectivity index (χ3n) is 1.41. The van der Waals surface area contributed by atoms with Gasteiger partial charge in [-0.1, -0.05) is 0 Å². The molecule has 0 N–H and O–H groups in total. The van der Waals surface area contributed by atoms with E-state index in [-0.39, 0.29) is 12.2 Å². The molecule has 0 aliphatic carbocycles. The molecule has 0 aromatic heterocycles. The number of rotatable bonds is 5. The number of ether oxygens (including phenoxy) is 1. The van der Waals surface area contributed by atoms with Gasteiger partial charge in [-0.2, -0.15) is 0 Å². The lowest BCUT2D eigenvalue weighted by molar-refractivity contribution is -0.143. The summed E-state index contributed by atoms with van der Waals surface area (Å²) < 4.78 is 4.35. The zero-order valence-electron chi connectivity index (χ0n) is 8.55. The summed E-state index contributed by atoms with van der Waals surface area (Å²) in [4.78, 5) is 23.5. The predicted molar refractivity (Wildman–Crippen MR) is 72.9 cm³/mol. The molecule has 0 atom stereocenters. The van der Waals surface area contributed by atoms with Crippen LogP contribution in [-0.4, -0.2) is 44.4 Å². The zero-order chi connectivity index (χ0) is 11.6. The highest BCUT2D eigenvalue weighted by atomic mass is 128. The van der Waals surface area contributed by atoms with E-state index in [9.17, 15) is 9.59 Å². The van der Waals surface area contributed by atoms with Crippen LogP contribution < -0.4 is 0 Å². The average molecular weight is 427 g/mol. The molecule has 0 spiro atoms. The first-order chi connectivity index (χ1) is 6.56. The second-order valence-electron chi connectivity index (χ2n) is 2.84. The van der Waals surface area contributed by atoms with Crippen LogP contribution in [0.3, 0.4) is 0 Å². The number of esters is 1. The van der Waals surface area contributed by atoms with Gasteiger partial charge in [0.05, 0.1) is 7.11 Å². The number of ketones is 1. The summed E-state index contributed by atoms with van der Waals surface area (Å²) in [7, 11) is 5.04. The summed E-state index contributed by atoms with van der Waals surface area (Å²) in [6.45, 7) is 0.676. The number of Topliss-reactive ketones (excluding diaryl/α,β-unsaturated/α-hetero) is 1. The summed E-state index contributed by atoms with van der Waals surface area (Å²) in [6, 6.07) is 0. The fourth-order valence-corrected chi connectivity index (χ4v) is 0.670. The Morgan fingerprint density at radius 3 is 2.14 bits per heavy atom. The van der Waals surface area contributed by atoms with Crippen LogP contribution in [-0.2, 0) is 14.3 Å². The molecular formula is C8H15I2NO3. The van der Waals surface area contributed by atoms with Crippen molar-refractivity contribution >= 4 is 49.0 Å². The summed E-state index contributed by atoms with van der Waals surface area (Å²) in [5, 5.41) is 0. The van der Waals surface area contributed by atoms with Gasteiger partial charge in [0.2, 0.25) is 0 Å². The van der Waals surface area contributed by atoms with Gasteiger partial charge in [0.1, 0.15) is 12.2 Å². The van der Waals surface area contributed by atoms with Gasteiger partial charge in [-0.05, 0) is 14.1 Å². The van der Waals surface area contributed by atoms with Crippen LogP contribution in [0.5, 0.6) is 0 Å². The van der Waals surface area contributed by atoms with Gasteiger partial charge in [-0.3, -0.25) is 9.59 Å². The SMILES string of the molecule is COC(=O)CC(=O)CCN(C)C.II. The third kappa shape index (κ3) is 12.6. The van der Waals surface area contributed by atoms with E-state index < -0.39 is 5.97 Å². The van der Waals surface area contributed by atoms with E-state index in [0.717, 1.165) is 0 Å². The molecule has 84 valence electrons. The molecule has 0 saturated carbocycles. The van der Waals surface area contributed by atoms with E-state index in [2.05, 4.69) is 42.0 Å². The standard InChI is InChI=1S/C8H15NO3.I2/c1-9(2)5-4-7(10)6-8(11)12-3;1-2/h4-6H2,1-3H3;. The van der Waals surface area contributed by atoms with Crippen molar-refractivity contribution in [3.8, 4) is 0 Å². The van der Waals surface area contributed by atoms with Crippen LogP contribution in [0, 0.1) is 0 Å². The van der Waals surface area contributed by atoms with Crippen LogP contribution in [0.1, 0.15) is 12.8 Å². The van der Waals surface area contributed by atoms with Crippen molar-refractivity contribution in [3.63, 3.8) is 0 Å². The molecule has 0 aromatic rings. The van der Waals surface area contributed by atoms with E-state index in [1.165, 1.54) is 7.11 Å². The highest BCUT2D eigenvalue weighted by Crippen LogP contribution is 1.93. The van der Waals surface area contributed by atoms with Gasteiger partial charge in [-0.25, -0.2) is 0 Å². The molecule has 0 bridgehead atoms. The summed E-state index contributed by atoms with van der Waals surface area (Å²) >= 11 is 4.24. The van der Waals surface area contributed by atoms with Crippen molar-refractivity contribution in [2.45, 2.75) is 12.8 Å². The fourth-order valence-electron chi connectivity index (χ4n) is 0.670. The molecule has 0 radical (unpaired) electrons. The van der Waals surface area contributed by atoms with Gasteiger partial charge in [0.25, 0.3) is 0 Å². The van der Waals surface area contributed by atoms with Crippen LogP contribution >= 0.6 is 37.2 Å². The van der Waals surface area contributed by atoms with E-state index in [0.29, 0.717) is 13.0 Å². The quantitative estimate of drug-likeness (QED) is 0.382. The van der Waals surface area contributed by atoms with Crippen molar-refractivity contribution in [2.24, 2.45) is 0 Å². The molecule has 4 nitrogen and oxygen atoms in total. The molecule has 0 aliphatic rings. The van der Waals surface area contributed by atoms with Gasteiger partial charge >= 0.3 is 5.97 Å². The minimum absolute atomic E-state index is 0.0736. The molecule has 0 aromatic carbocycles. The van der Waals surface area contributed by atoms with Gasteiger partial charge in [-0.15, -0.1) is 0 Å². The molecule has 0 unspecified atom stereocenters. The zero-order valence-corrected chi connectivity index (χ0v) is 12.9. The first kappa shape index (κ1) is 17.0. The average Bonchev–Trinajstić information content (AvgIpc) is 2.17. The Labute approximate surface area is 108 Å². The van der Waals surface area contributed by atoms with Crippen molar-refractivity contribution < 1.29 is 14.3 Å². The summed E-state index contributed by atoms with van der Waals surface area (Å²) in [5.74, 6) is -0.533. The number of carbonyl (C=O) groups excluding carboxylic acids is 2. The maximum atomic E-state index is 11.0. The number of hydrogen-bond acceptors (Lipinski definition) is 4. The van der Waals surface area contributed by atoms with Gasteiger partial charge in [0.15, 0.2) is 0 Å². The Bertz CT molecular complexity index is 174. The first-order valence-electron chi connectivity index (χ1n) is 3.93. The minimum Gasteiger partial charge on any atom is -0.469 e. The normalized spacial score (nSPS) is 9.00. The molecule has 0 aliphatic heterocycles. The predicted octanol–water partition coefficient (Wildman–Crippen LogP) is 1.84. The number of carbonyl (C=O) groups is 2.